The molecule has 22 heavy (non-hydrogen) atoms. The monoisotopic (exact) mass is 316 g/mol. The molecule has 0 aliphatic heterocycles. The van der Waals surface area contributed by atoms with Crippen LogP contribution in [0.25, 0.3) is 10.9 Å². The van der Waals surface area contributed by atoms with Crippen LogP contribution in [0.1, 0.15) is 29.0 Å². The van der Waals surface area contributed by atoms with E-state index in [0.29, 0.717) is 16.1 Å². The van der Waals surface area contributed by atoms with Gasteiger partial charge in [-0.05, 0) is 48.9 Å². The van der Waals surface area contributed by atoms with E-state index in [2.05, 4.69) is 10.3 Å². The van der Waals surface area contributed by atoms with Gasteiger partial charge in [-0.15, -0.1) is 0 Å². The Morgan fingerprint density at radius 2 is 2.05 bits per heavy atom. The second kappa shape index (κ2) is 5.81. The van der Waals surface area contributed by atoms with Gasteiger partial charge in [0.15, 0.2) is 0 Å². The zero-order valence-corrected chi connectivity index (χ0v) is 12.6. The highest BCUT2D eigenvalue weighted by molar-refractivity contribution is 6.30. The highest BCUT2D eigenvalue weighted by Gasteiger charge is 2.14. The number of benzene rings is 2. The van der Waals surface area contributed by atoms with Crippen molar-refractivity contribution in [3.63, 3.8) is 0 Å². The summed E-state index contributed by atoms with van der Waals surface area (Å²) >= 11 is 5.96. The van der Waals surface area contributed by atoms with Crippen molar-refractivity contribution in [2.75, 3.05) is 0 Å². The molecule has 1 heterocycles. The fourth-order valence-electron chi connectivity index (χ4n) is 2.36. The van der Waals surface area contributed by atoms with Gasteiger partial charge in [-0.3, -0.25) is 4.79 Å². The molecule has 0 radical (unpaired) electrons. The molecule has 5 heteroatoms. The SMILES string of the molecule is CC(NC(=O)c1cc2cc(F)ccc2[nH]1)c1cccc(Cl)c1. The minimum absolute atomic E-state index is 0.186. The minimum Gasteiger partial charge on any atom is -0.351 e. The largest absolute Gasteiger partial charge is 0.351 e. The molecule has 0 fully saturated rings. The van der Waals surface area contributed by atoms with E-state index in [-0.39, 0.29) is 17.8 Å². The van der Waals surface area contributed by atoms with E-state index in [1.54, 1.807) is 18.2 Å². The van der Waals surface area contributed by atoms with Crippen molar-refractivity contribution in [3.05, 3.63) is 70.6 Å². The lowest BCUT2D eigenvalue weighted by atomic mass is 10.1. The van der Waals surface area contributed by atoms with Gasteiger partial charge in [-0.25, -0.2) is 4.39 Å². The molecule has 3 nitrogen and oxygen atoms in total. The summed E-state index contributed by atoms with van der Waals surface area (Å²) in [5.41, 5.74) is 2.04. The molecule has 0 aliphatic carbocycles. The highest BCUT2D eigenvalue weighted by Crippen LogP contribution is 2.20. The summed E-state index contributed by atoms with van der Waals surface area (Å²) in [4.78, 5) is 15.3. The summed E-state index contributed by atoms with van der Waals surface area (Å²) in [6.45, 7) is 1.88. The zero-order chi connectivity index (χ0) is 15.7. The maximum atomic E-state index is 13.2. The van der Waals surface area contributed by atoms with Crippen LogP contribution in [0.15, 0.2) is 48.5 Å². The van der Waals surface area contributed by atoms with Crippen molar-refractivity contribution in [1.82, 2.24) is 10.3 Å². The molecular formula is C17H14ClFN2O. The molecule has 1 atom stereocenters. The molecule has 2 aromatic carbocycles. The molecule has 0 bridgehead atoms. The van der Waals surface area contributed by atoms with Crippen molar-refractivity contribution in [3.8, 4) is 0 Å². The third-order valence-corrected chi connectivity index (χ3v) is 3.76. The predicted molar refractivity (Wildman–Crippen MR) is 85.6 cm³/mol. The number of carbonyl (C=O) groups is 1. The third kappa shape index (κ3) is 2.97. The van der Waals surface area contributed by atoms with Gasteiger partial charge < -0.3 is 10.3 Å². The normalized spacial score (nSPS) is 12.3. The quantitative estimate of drug-likeness (QED) is 0.736. The van der Waals surface area contributed by atoms with Crippen LogP contribution in [-0.4, -0.2) is 10.9 Å². The first-order chi connectivity index (χ1) is 10.5. The number of nitrogens with one attached hydrogen (secondary N) is 2. The lowest BCUT2D eigenvalue weighted by molar-refractivity contribution is 0.0935. The molecule has 0 spiro atoms. The first-order valence-electron chi connectivity index (χ1n) is 6.87. The van der Waals surface area contributed by atoms with E-state index < -0.39 is 0 Å². The number of halogens is 2. The van der Waals surface area contributed by atoms with Crippen LogP contribution in [0.3, 0.4) is 0 Å². The summed E-state index contributed by atoms with van der Waals surface area (Å²) in [5.74, 6) is -0.574. The Kier molecular flexibility index (Phi) is 3.86. The Balaban J connectivity index is 1.80. The molecule has 3 rings (SSSR count). The summed E-state index contributed by atoms with van der Waals surface area (Å²) in [7, 11) is 0. The molecule has 3 aromatic rings. The molecule has 112 valence electrons. The predicted octanol–water partition coefficient (Wildman–Crippen LogP) is 4.45. The van der Waals surface area contributed by atoms with E-state index >= 15 is 0 Å². The number of hydrogen-bond acceptors (Lipinski definition) is 1. The molecule has 1 aromatic heterocycles. The Bertz CT molecular complexity index is 844. The highest BCUT2D eigenvalue weighted by atomic mass is 35.5. The minimum atomic E-state index is -0.328. The Morgan fingerprint density at radius 3 is 2.82 bits per heavy atom. The fourth-order valence-corrected chi connectivity index (χ4v) is 2.56. The molecule has 1 amide bonds. The van der Waals surface area contributed by atoms with Crippen molar-refractivity contribution < 1.29 is 9.18 Å². The van der Waals surface area contributed by atoms with Crippen molar-refractivity contribution in [2.45, 2.75) is 13.0 Å². The third-order valence-electron chi connectivity index (χ3n) is 3.52. The van der Waals surface area contributed by atoms with Gasteiger partial charge >= 0.3 is 0 Å². The summed E-state index contributed by atoms with van der Waals surface area (Å²) < 4.78 is 13.2. The second-order valence-corrected chi connectivity index (χ2v) is 5.60. The van der Waals surface area contributed by atoms with Crippen molar-refractivity contribution in [1.29, 1.82) is 0 Å². The van der Waals surface area contributed by atoms with Crippen molar-refractivity contribution >= 4 is 28.4 Å². The topological polar surface area (TPSA) is 44.9 Å². The van der Waals surface area contributed by atoms with Crippen LogP contribution >= 0.6 is 11.6 Å². The van der Waals surface area contributed by atoms with Gasteiger partial charge in [0.1, 0.15) is 11.5 Å². The lowest BCUT2D eigenvalue weighted by Gasteiger charge is -2.13. The average molecular weight is 317 g/mol. The second-order valence-electron chi connectivity index (χ2n) is 5.16. The number of rotatable bonds is 3. The molecule has 1 unspecified atom stereocenters. The summed E-state index contributed by atoms with van der Waals surface area (Å²) in [6.07, 6.45) is 0. The number of aromatic nitrogens is 1. The number of amides is 1. The summed E-state index contributed by atoms with van der Waals surface area (Å²) in [6, 6.07) is 13.1. The van der Waals surface area contributed by atoms with Gasteiger partial charge in [-0.2, -0.15) is 0 Å². The van der Waals surface area contributed by atoms with E-state index in [9.17, 15) is 9.18 Å². The number of aromatic amines is 1. The molecule has 0 saturated heterocycles. The standard InChI is InChI=1S/C17H14ClFN2O/c1-10(11-3-2-4-13(18)7-11)20-17(22)16-9-12-8-14(19)5-6-15(12)21-16/h2-10,21H,1H3,(H,20,22). The molecule has 2 N–H and O–H groups in total. The summed E-state index contributed by atoms with van der Waals surface area (Å²) in [5, 5.41) is 4.18. The Hall–Kier alpha value is -2.33. The van der Waals surface area contributed by atoms with Crippen molar-refractivity contribution in [2.24, 2.45) is 0 Å². The first-order valence-corrected chi connectivity index (χ1v) is 7.25. The average Bonchev–Trinajstić information content (AvgIpc) is 2.90. The Morgan fingerprint density at radius 1 is 1.23 bits per heavy atom. The first kappa shape index (κ1) is 14.6. The maximum absolute atomic E-state index is 13.2. The van der Waals surface area contributed by atoms with Crippen LogP contribution in [0.2, 0.25) is 5.02 Å². The van der Waals surface area contributed by atoms with Crippen LogP contribution in [0.5, 0.6) is 0 Å². The Labute approximate surface area is 132 Å². The van der Waals surface area contributed by atoms with E-state index in [1.807, 2.05) is 25.1 Å². The van der Waals surface area contributed by atoms with Gasteiger partial charge in [0.25, 0.3) is 5.91 Å². The van der Waals surface area contributed by atoms with E-state index in [0.717, 1.165) is 11.1 Å². The van der Waals surface area contributed by atoms with Gasteiger partial charge in [-0.1, -0.05) is 23.7 Å². The molecule has 0 saturated carbocycles. The number of carbonyl (C=O) groups excluding carboxylic acids is 1. The van der Waals surface area contributed by atoms with Gasteiger partial charge in [0.05, 0.1) is 6.04 Å². The van der Waals surface area contributed by atoms with Crippen LogP contribution < -0.4 is 5.32 Å². The molecular weight excluding hydrogens is 303 g/mol. The smallest absolute Gasteiger partial charge is 0.268 e. The number of H-pyrrole nitrogens is 1. The van der Waals surface area contributed by atoms with Gasteiger partial charge in [0.2, 0.25) is 0 Å². The van der Waals surface area contributed by atoms with Crippen LogP contribution in [0.4, 0.5) is 4.39 Å². The number of fused-ring (bicyclic) bond motifs is 1. The van der Waals surface area contributed by atoms with Gasteiger partial charge in [0, 0.05) is 15.9 Å². The molecule has 0 aliphatic rings. The zero-order valence-electron chi connectivity index (χ0n) is 11.9. The lowest BCUT2D eigenvalue weighted by Crippen LogP contribution is -2.26. The van der Waals surface area contributed by atoms with E-state index in [4.69, 9.17) is 11.6 Å². The van der Waals surface area contributed by atoms with Crippen LogP contribution in [0, 0.1) is 5.82 Å². The fraction of sp³-hybridized carbons (Fsp3) is 0.118. The number of hydrogen-bond donors (Lipinski definition) is 2. The van der Waals surface area contributed by atoms with Crippen LogP contribution in [-0.2, 0) is 0 Å². The van der Waals surface area contributed by atoms with E-state index in [1.165, 1.54) is 12.1 Å². The maximum Gasteiger partial charge on any atom is 0.268 e.